The summed E-state index contributed by atoms with van der Waals surface area (Å²) in [5, 5.41) is 32.7. The zero-order chi connectivity index (χ0) is 35.1. The quantitative estimate of drug-likeness (QED) is 0.118. The molecule has 3 aromatic carbocycles. The number of anilines is 3. The Bertz CT molecular complexity index is 1840. The number of halogens is 1. The molecule has 248 valence electrons. The number of pyridine rings is 1. The molecule has 1 aromatic heterocycles. The van der Waals surface area contributed by atoms with Crippen molar-refractivity contribution in [2.75, 3.05) is 37.9 Å². The molecule has 4 rings (SSSR count). The van der Waals surface area contributed by atoms with Gasteiger partial charge < -0.3 is 35.2 Å². The Morgan fingerprint density at radius 1 is 0.979 bits per heavy atom. The van der Waals surface area contributed by atoms with Gasteiger partial charge in [0.1, 0.15) is 24.2 Å². The first-order valence-corrected chi connectivity index (χ1v) is 14.9. The number of hydrogen-bond acceptors (Lipinski definition) is 9. The molecule has 0 fully saturated rings. The number of aromatic nitrogens is 1. The van der Waals surface area contributed by atoms with Gasteiger partial charge in [0, 0.05) is 48.1 Å². The topological polar surface area (TPSA) is 174 Å². The number of ether oxygens (including phenoxy) is 2. The molecule has 12 nitrogen and oxygen atoms in total. The summed E-state index contributed by atoms with van der Waals surface area (Å²) in [4.78, 5) is 38.1. The predicted molar refractivity (Wildman–Crippen MR) is 184 cm³/mol. The van der Waals surface area contributed by atoms with E-state index in [0.29, 0.717) is 82.0 Å². The summed E-state index contributed by atoms with van der Waals surface area (Å²) in [6.45, 7) is 3.29. The summed E-state index contributed by atoms with van der Waals surface area (Å²) >= 11 is 6.54. The molecule has 0 aliphatic carbocycles. The first-order chi connectivity index (χ1) is 23.0. The van der Waals surface area contributed by atoms with E-state index in [-0.39, 0.29) is 5.91 Å². The largest absolute Gasteiger partial charge is 0.492 e. The van der Waals surface area contributed by atoms with Gasteiger partial charge in [-0.1, -0.05) is 48.0 Å². The minimum Gasteiger partial charge on any atom is -0.492 e. The van der Waals surface area contributed by atoms with Gasteiger partial charge in [-0.25, -0.2) is 9.59 Å². The molecule has 48 heavy (non-hydrogen) atoms. The number of nitriles is 1. The van der Waals surface area contributed by atoms with Crippen LogP contribution in [0.5, 0.6) is 11.5 Å². The van der Waals surface area contributed by atoms with Gasteiger partial charge in [0.2, 0.25) is 5.91 Å². The normalized spacial score (nSPS) is 10.8. The molecule has 0 aliphatic heterocycles. The number of benzene rings is 3. The van der Waals surface area contributed by atoms with E-state index < -0.39 is 11.9 Å². The van der Waals surface area contributed by atoms with Crippen LogP contribution >= 0.6 is 11.6 Å². The average molecular weight is 672 g/mol. The number of hydrogen-bond donors (Lipinski definition) is 4. The number of rotatable bonds is 13. The van der Waals surface area contributed by atoms with E-state index in [1.807, 2.05) is 62.3 Å². The van der Waals surface area contributed by atoms with Crippen molar-refractivity contribution in [3.63, 3.8) is 0 Å². The molecule has 1 heterocycles. The Kier molecular flexibility index (Phi) is 13.9. The first-order valence-electron chi connectivity index (χ1n) is 14.5. The lowest BCUT2D eigenvalue weighted by molar-refractivity contribution is -0.134. The summed E-state index contributed by atoms with van der Waals surface area (Å²) in [7, 11) is 3.84. The van der Waals surface area contributed by atoms with Crippen LogP contribution < -0.4 is 20.1 Å². The standard InChI is InChI=1S/C31H30ClN5O3.C4H4O4/c1-4-39-29-17-26-24(16-27(29)36-30(38)11-8-14-37(2)3)31(22(18-33)19-34-26)35-23-12-13-28(25(32)15-23)40-20-21-9-6-5-7-10-21;5-3(6)1-2-4(7)8/h5-13,15-17,19H,4,14,20H2,1-3H3,(H,34,35)(H,36,38);1-2H,(H,5,6)(H,7,8)/b11-8+;2-1-. The molecule has 0 radical (unpaired) electrons. The van der Waals surface area contributed by atoms with Crippen molar-refractivity contribution in [1.29, 1.82) is 5.26 Å². The van der Waals surface area contributed by atoms with Crippen molar-refractivity contribution in [2.24, 2.45) is 0 Å². The number of nitrogens with one attached hydrogen (secondary N) is 2. The number of likely N-dealkylation sites (N-methyl/N-ethyl adjacent to an activating group) is 1. The van der Waals surface area contributed by atoms with E-state index >= 15 is 0 Å². The third-order valence-corrected chi connectivity index (χ3v) is 6.49. The van der Waals surface area contributed by atoms with Crippen LogP contribution in [0.4, 0.5) is 17.1 Å². The third kappa shape index (κ3) is 11.5. The van der Waals surface area contributed by atoms with Gasteiger partial charge in [-0.2, -0.15) is 5.26 Å². The third-order valence-electron chi connectivity index (χ3n) is 6.19. The highest BCUT2D eigenvalue weighted by atomic mass is 35.5. The smallest absolute Gasteiger partial charge is 0.328 e. The summed E-state index contributed by atoms with van der Waals surface area (Å²) in [5.74, 6) is -1.78. The van der Waals surface area contributed by atoms with Crippen LogP contribution in [0.2, 0.25) is 5.02 Å². The number of carboxylic acid groups (broad SMARTS) is 2. The van der Waals surface area contributed by atoms with Gasteiger partial charge in [0.15, 0.2) is 0 Å². The van der Waals surface area contributed by atoms with Crippen LogP contribution in [0.1, 0.15) is 18.1 Å². The van der Waals surface area contributed by atoms with E-state index in [4.69, 9.17) is 31.3 Å². The van der Waals surface area contributed by atoms with Crippen molar-refractivity contribution < 1.29 is 34.1 Å². The Balaban J connectivity index is 0.000000694. The van der Waals surface area contributed by atoms with Crippen LogP contribution in [0.15, 0.2) is 91.2 Å². The number of carbonyl (C=O) groups excluding carboxylic acids is 1. The second kappa shape index (κ2) is 18.3. The Hall–Kier alpha value is -5.90. The predicted octanol–water partition coefficient (Wildman–Crippen LogP) is 6.25. The van der Waals surface area contributed by atoms with Crippen molar-refractivity contribution in [1.82, 2.24) is 9.88 Å². The maximum atomic E-state index is 12.6. The van der Waals surface area contributed by atoms with Gasteiger partial charge in [0.05, 0.1) is 34.1 Å². The van der Waals surface area contributed by atoms with Crippen LogP contribution in [0, 0.1) is 11.3 Å². The number of carboxylic acids is 2. The maximum Gasteiger partial charge on any atom is 0.328 e. The molecule has 4 aromatic rings. The number of carbonyl (C=O) groups is 3. The van der Waals surface area contributed by atoms with E-state index in [0.717, 1.165) is 5.56 Å². The highest BCUT2D eigenvalue weighted by molar-refractivity contribution is 6.32. The molecule has 0 saturated heterocycles. The van der Waals surface area contributed by atoms with Crippen LogP contribution in [0.3, 0.4) is 0 Å². The zero-order valence-corrected chi connectivity index (χ0v) is 27.2. The van der Waals surface area contributed by atoms with Crippen molar-refractivity contribution in [3.8, 4) is 17.6 Å². The molecule has 1 amide bonds. The Morgan fingerprint density at radius 2 is 1.69 bits per heavy atom. The van der Waals surface area contributed by atoms with Gasteiger partial charge in [0.25, 0.3) is 0 Å². The second-order valence-electron chi connectivity index (χ2n) is 10.2. The fraction of sp³-hybridized carbons (Fsp3) is 0.171. The minimum atomic E-state index is -1.26. The number of amides is 1. The van der Waals surface area contributed by atoms with Crippen molar-refractivity contribution >= 4 is 57.4 Å². The van der Waals surface area contributed by atoms with E-state index in [1.165, 1.54) is 12.3 Å². The highest BCUT2D eigenvalue weighted by Crippen LogP contribution is 2.37. The molecule has 4 N–H and O–H groups in total. The van der Waals surface area contributed by atoms with Gasteiger partial charge in [-0.15, -0.1) is 0 Å². The minimum absolute atomic E-state index is 0.293. The fourth-order valence-electron chi connectivity index (χ4n) is 4.07. The fourth-order valence-corrected chi connectivity index (χ4v) is 4.31. The van der Waals surface area contributed by atoms with Crippen molar-refractivity contribution in [2.45, 2.75) is 13.5 Å². The Labute approximate surface area is 282 Å². The average Bonchev–Trinajstić information content (AvgIpc) is 3.04. The molecule has 13 heteroatoms. The summed E-state index contributed by atoms with van der Waals surface area (Å²) < 4.78 is 11.7. The lowest BCUT2D eigenvalue weighted by atomic mass is 10.1. The molecule has 0 unspecified atom stereocenters. The van der Waals surface area contributed by atoms with E-state index in [2.05, 4.69) is 21.7 Å². The monoisotopic (exact) mass is 671 g/mol. The SMILES string of the molecule is CCOc1cc2ncc(C#N)c(Nc3ccc(OCc4ccccc4)c(Cl)c3)c2cc1NC(=O)/C=C/CN(C)C.O=C(O)/C=C\C(=O)O. The highest BCUT2D eigenvalue weighted by Gasteiger charge is 2.16. The lowest BCUT2D eigenvalue weighted by Gasteiger charge is -2.16. The zero-order valence-electron chi connectivity index (χ0n) is 26.4. The summed E-state index contributed by atoms with van der Waals surface area (Å²) in [5.41, 5.74) is 3.62. The van der Waals surface area contributed by atoms with Gasteiger partial charge in [-0.3, -0.25) is 9.78 Å². The molecule has 0 bridgehead atoms. The van der Waals surface area contributed by atoms with Crippen molar-refractivity contribution in [3.05, 3.63) is 107 Å². The molecule has 0 atom stereocenters. The molecule has 0 aliphatic rings. The second-order valence-corrected chi connectivity index (χ2v) is 10.6. The lowest BCUT2D eigenvalue weighted by Crippen LogP contribution is -2.13. The molecule has 0 spiro atoms. The Morgan fingerprint density at radius 3 is 2.29 bits per heavy atom. The van der Waals surface area contributed by atoms with Gasteiger partial charge >= 0.3 is 11.9 Å². The number of aliphatic carboxylic acids is 2. The van der Waals surface area contributed by atoms with Gasteiger partial charge in [-0.05, 0) is 50.8 Å². The van der Waals surface area contributed by atoms with E-state index in [9.17, 15) is 19.6 Å². The van der Waals surface area contributed by atoms with Crippen LogP contribution in [-0.4, -0.2) is 65.2 Å². The van der Waals surface area contributed by atoms with Crippen LogP contribution in [-0.2, 0) is 21.0 Å². The maximum absolute atomic E-state index is 12.6. The molecule has 0 saturated carbocycles. The molecular formula is C35H34ClN5O7. The van der Waals surface area contributed by atoms with Crippen LogP contribution in [0.25, 0.3) is 10.9 Å². The van der Waals surface area contributed by atoms with E-state index in [1.54, 1.807) is 30.3 Å². The number of fused-ring (bicyclic) bond motifs is 1. The summed E-state index contributed by atoms with van der Waals surface area (Å²) in [6, 6.07) is 20.9. The number of nitrogens with zero attached hydrogens (tertiary/aromatic N) is 3. The molecular weight excluding hydrogens is 638 g/mol. The first kappa shape index (κ1) is 36.6. The summed E-state index contributed by atoms with van der Waals surface area (Å²) in [6.07, 6.45) is 5.87.